The first kappa shape index (κ1) is 33.7. The highest BCUT2D eigenvalue weighted by molar-refractivity contribution is 6.07. The number of anilines is 1. The quantitative estimate of drug-likeness (QED) is 0.0871. The van der Waals surface area contributed by atoms with Crippen LogP contribution in [0.1, 0.15) is 71.4 Å². The van der Waals surface area contributed by atoms with Gasteiger partial charge in [0.25, 0.3) is 6.47 Å². The van der Waals surface area contributed by atoms with Gasteiger partial charge in [-0.05, 0) is 65.6 Å². The molecule has 242 valence electrons. The maximum Gasteiger partial charge on any atom is 0.290 e. The molecule has 4 nitrogen and oxygen atoms in total. The second kappa shape index (κ2) is 14.4. The zero-order valence-corrected chi connectivity index (χ0v) is 28.8. The molecule has 0 bridgehead atoms. The molecule has 0 aromatic heterocycles. The summed E-state index contributed by atoms with van der Waals surface area (Å²) < 4.78 is 2.35. The van der Waals surface area contributed by atoms with Crippen molar-refractivity contribution in [1.82, 2.24) is 0 Å². The van der Waals surface area contributed by atoms with Gasteiger partial charge in [-0.2, -0.15) is 4.58 Å². The highest BCUT2D eigenvalue weighted by Crippen LogP contribution is 2.51. The van der Waals surface area contributed by atoms with E-state index in [1.165, 1.54) is 81.1 Å². The van der Waals surface area contributed by atoms with Crippen LogP contribution in [0.25, 0.3) is 21.5 Å². The van der Waals surface area contributed by atoms with Crippen LogP contribution < -0.4 is 4.90 Å². The van der Waals surface area contributed by atoms with Crippen molar-refractivity contribution in [2.45, 2.75) is 71.1 Å². The molecule has 47 heavy (non-hydrogen) atoms. The van der Waals surface area contributed by atoms with Crippen LogP contribution in [0.5, 0.6) is 0 Å². The predicted octanol–water partition coefficient (Wildman–Crippen LogP) is 10.6. The van der Waals surface area contributed by atoms with Crippen molar-refractivity contribution in [2.24, 2.45) is 0 Å². The second-order valence-electron chi connectivity index (χ2n) is 13.6. The van der Waals surface area contributed by atoms with Crippen LogP contribution in [-0.4, -0.2) is 35.5 Å². The average Bonchev–Trinajstić information content (AvgIpc) is 3.40. The highest BCUT2D eigenvalue weighted by atomic mass is 16.3. The lowest BCUT2D eigenvalue weighted by Gasteiger charge is -2.27. The van der Waals surface area contributed by atoms with Crippen molar-refractivity contribution < 1.29 is 14.5 Å². The van der Waals surface area contributed by atoms with Crippen molar-refractivity contribution in [3.05, 3.63) is 132 Å². The highest BCUT2D eigenvalue weighted by Gasteiger charge is 2.44. The zero-order valence-electron chi connectivity index (χ0n) is 28.8. The Morgan fingerprint density at radius 3 is 2.00 bits per heavy atom. The minimum Gasteiger partial charge on any atom is -0.483 e. The van der Waals surface area contributed by atoms with Gasteiger partial charge in [0.2, 0.25) is 5.69 Å². The predicted molar refractivity (Wildman–Crippen MR) is 200 cm³/mol. The maximum absolute atomic E-state index is 8.36. The van der Waals surface area contributed by atoms with E-state index in [0.29, 0.717) is 0 Å². The van der Waals surface area contributed by atoms with Gasteiger partial charge < -0.3 is 10.0 Å². The van der Waals surface area contributed by atoms with Gasteiger partial charge in [-0.15, -0.1) is 0 Å². The summed E-state index contributed by atoms with van der Waals surface area (Å²) in [5.74, 6) is 0. The lowest BCUT2D eigenvalue weighted by Crippen LogP contribution is -2.27. The molecule has 0 spiro atoms. The fourth-order valence-corrected chi connectivity index (χ4v) is 7.65. The summed E-state index contributed by atoms with van der Waals surface area (Å²) in [4.78, 5) is 10.9. The molecule has 0 saturated heterocycles. The van der Waals surface area contributed by atoms with Gasteiger partial charge in [0.05, 0.1) is 5.41 Å². The maximum atomic E-state index is 8.36. The summed E-state index contributed by atoms with van der Waals surface area (Å²) in [7, 11) is 2.19. The average molecular weight is 626 g/mol. The van der Waals surface area contributed by atoms with Crippen LogP contribution in [0.15, 0.2) is 121 Å². The van der Waals surface area contributed by atoms with Gasteiger partial charge in [0.15, 0.2) is 5.71 Å². The molecule has 4 aromatic rings. The van der Waals surface area contributed by atoms with Crippen molar-refractivity contribution in [3.8, 4) is 0 Å². The molecule has 2 aliphatic rings. The van der Waals surface area contributed by atoms with Crippen molar-refractivity contribution in [1.29, 1.82) is 0 Å². The standard InChI is InChI=1S/C42H47N2.CH2O2/c1-7-8-9-19-30-44-36-29-27-32-21-16-18-23-34(32)40(36)42(4,5)38(44)25-14-12-10-11-13-24-37-41(2,3)39-33-22-17-15-20-31(33)26-28-35(39)43(37)6;2-1-3/h10-18,20-29H,7-9,19,30H2,1-6H3;1H,(H,2,3)/q+1;. The lowest BCUT2D eigenvalue weighted by atomic mass is 9.79. The zero-order chi connectivity index (χ0) is 33.6. The first-order valence-electron chi connectivity index (χ1n) is 16.9. The van der Waals surface area contributed by atoms with Crippen LogP contribution in [0.3, 0.4) is 0 Å². The molecule has 0 amide bonds. The molecule has 0 unspecified atom stereocenters. The molecule has 0 fully saturated rings. The Hall–Kier alpha value is -4.70. The summed E-state index contributed by atoms with van der Waals surface area (Å²) in [6.07, 6.45) is 20.5. The number of nitrogens with zero attached hydrogens (tertiary/aromatic N) is 2. The third-order valence-electron chi connectivity index (χ3n) is 9.84. The minimum absolute atomic E-state index is 0.0661. The Labute approximate surface area is 280 Å². The van der Waals surface area contributed by atoms with E-state index < -0.39 is 0 Å². The molecule has 2 aliphatic heterocycles. The number of rotatable bonds is 9. The van der Waals surface area contributed by atoms with E-state index in [1.54, 1.807) is 0 Å². The van der Waals surface area contributed by atoms with Crippen LogP contribution in [0, 0.1) is 0 Å². The van der Waals surface area contributed by atoms with Crippen molar-refractivity contribution >= 4 is 45.1 Å². The molecule has 0 aliphatic carbocycles. The van der Waals surface area contributed by atoms with Gasteiger partial charge in [-0.25, -0.2) is 0 Å². The van der Waals surface area contributed by atoms with Gasteiger partial charge in [-0.3, -0.25) is 4.79 Å². The minimum atomic E-state index is -0.250. The number of hydrogen-bond donors (Lipinski definition) is 1. The van der Waals surface area contributed by atoms with E-state index in [1.807, 2.05) is 0 Å². The summed E-state index contributed by atoms with van der Waals surface area (Å²) in [5, 5.41) is 12.2. The Morgan fingerprint density at radius 1 is 0.723 bits per heavy atom. The number of carboxylic acid groups (broad SMARTS) is 1. The lowest BCUT2D eigenvalue weighted by molar-refractivity contribution is -0.401. The summed E-state index contributed by atoms with van der Waals surface area (Å²) in [5.41, 5.74) is 8.12. The van der Waals surface area contributed by atoms with Crippen LogP contribution in [0.4, 0.5) is 11.4 Å². The Morgan fingerprint density at radius 2 is 1.32 bits per heavy atom. The molecule has 0 saturated carbocycles. The molecule has 4 heteroatoms. The molecule has 6 rings (SSSR count). The van der Waals surface area contributed by atoms with Crippen LogP contribution >= 0.6 is 0 Å². The largest absolute Gasteiger partial charge is 0.483 e. The molecule has 2 heterocycles. The van der Waals surface area contributed by atoms with Crippen LogP contribution in [-0.2, 0) is 15.6 Å². The SMILES string of the molecule is CCCCCCN1\C(=C/C=C/C=C/C=C/C2=[N+](C)c3ccc4ccccc4c3C2(C)C)C(C)(C)c2c1ccc1ccccc21.O=CO. The third-order valence-corrected chi connectivity index (χ3v) is 9.84. The molecule has 0 atom stereocenters. The number of fused-ring (bicyclic) bond motifs is 6. The van der Waals surface area contributed by atoms with E-state index in [2.05, 4.69) is 166 Å². The summed E-state index contributed by atoms with van der Waals surface area (Å²) in [6, 6.07) is 26.7. The number of unbranched alkanes of at least 4 members (excludes halogenated alkanes) is 3. The number of benzene rings is 4. The normalized spacial score (nSPS) is 17.3. The van der Waals surface area contributed by atoms with E-state index in [-0.39, 0.29) is 17.3 Å². The second-order valence-corrected chi connectivity index (χ2v) is 13.6. The Balaban J connectivity index is 0.00000139. The first-order chi connectivity index (χ1) is 22.7. The van der Waals surface area contributed by atoms with E-state index in [4.69, 9.17) is 9.90 Å². The fourth-order valence-electron chi connectivity index (χ4n) is 7.65. The molecule has 0 radical (unpaired) electrons. The Bertz CT molecular complexity index is 1920. The topological polar surface area (TPSA) is 43.5 Å². The number of carbonyl (C=O) groups is 1. The fraction of sp³-hybridized carbons (Fsp3) is 0.302. The number of hydrogen-bond acceptors (Lipinski definition) is 2. The third kappa shape index (κ3) is 6.47. The van der Waals surface area contributed by atoms with Crippen molar-refractivity contribution in [3.63, 3.8) is 0 Å². The smallest absolute Gasteiger partial charge is 0.290 e. The molecule has 4 aromatic carbocycles. The monoisotopic (exact) mass is 625 g/mol. The van der Waals surface area contributed by atoms with Crippen molar-refractivity contribution in [2.75, 3.05) is 18.5 Å². The van der Waals surface area contributed by atoms with E-state index in [0.717, 1.165) is 6.54 Å². The molecular weight excluding hydrogens is 576 g/mol. The molecule has 1 N–H and O–H groups in total. The summed E-state index contributed by atoms with van der Waals surface area (Å²) >= 11 is 0. The number of allylic oxidation sites excluding steroid dienone is 8. The van der Waals surface area contributed by atoms with E-state index in [9.17, 15) is 0 Å². The van der Waals surface area contributed by atoms with Gasteiger partial charge >= 0.3 is 0 Å². The molecular formula is C43H49N2O2+. The van der Waals surface area contributed by atoms with Crippen LogP contribution in [0.2, 0.25) is 0 Å². The Kier molecular flexibility index (Phi) is 10.3. The summed E-state index contributed by atoms with van der Waals surface area (Å²) in [6.45, 7) is 12.6. The van der Waals surface area contributed by atoms with Gasteiger partial charge in [-0.1, -0.05) is 125 Å². The van der Waals surface area contributed by atoms with Gasteiger partial charge in [0.1, 0.15) is 7.05 Å². The first-order valence-corrected chi connectivity index (χ1v) is 16.9. The van der Waals surface area contributed by atoms with E-state index >= 15 is 0 Å². The van der Waals surface area contributed by atoms with Gasteiger partial charge in [0, 0.05) is 41.1 Å².